The van der Waals surface area contributed by atoms with Gasteiger partial charge in [0.1, 0.15) is 0 Å². The molecule has 2 atom stereocenters. The summed E-state index contributed by atoms with van der Waals surface area (Å²) in [4.78, 5) is 4.81. The first-order valence-corrected chi connectivity index (χ1v) is 11.8. The molecule has 31 heavy (non-hydrogen) atoms. The lowest BCUT2D eigenvalue weighted by atomic mass is 9.78. The van der Waals surface area contributed by atoms with Crippen molar-refractivity contribution in [3.63, 3.8) is 0 Å². The third kappa shape index (κ3) is 9.58. The second-order valence-electron chi connectivity index (χ2n) is 9.21. The highest BCUT2D eigenvalue weighted by Crippen LogP contribution is 2.33. The van der Waals surface area contributed by atoms with Crippen LogP contribution >= 0.6 is 0 Å². The summed E-state index contributed by atoms with van der Waals surface area (Å²) in [7, 11) is 0. The zero-order chi connectivity index (χ0) is 22.5. The monoisotopic (exact) mass is 433 g/mol. The van der Waals surface area contributed by atoms with Gasteiger partial charge in [-0.1, -0.05) is 45.0 Å². The molecule has 6 heteroatoms. The molecule has 6 nitrogen and oxygen atoms in total. The van der Waals surface area contributed by atoms with Crippen LogP contribution in [-0.2, 0) is 27.4 Å². The molecule has 0 aromatic heterocycles. The van der Waals surface area contributed by atoms with Gasteiger partial charge in [0.2, 0.25) is 0 Å². The van der Waals surface area contributed by atoms with E-state index < -0.39 is 0 Å². The quantitative estimate of drug-likeness (QED) is 0.312. The van der Waals surface area contributed by atoms with E-state index in [1.807, 2.05) is 6.92 Å². The molecule has 1 heterocycles. The van der Waals surface area contributed by atoms with E-state index in [-0.39, 0.29) is 11.5 Å². The van der Waals surface area contributed by atoms with E-state index in [1.54, 1.807) is 0 Å². The topological polar surface area (TPSA) is 64.1 Å². The van der Waals surface area contributed by atoms with Crippen molar-refractivity contribution in [3.8, 4) is 0 Å². The van der Waals surface area contributed by atoms with Gasteiger partial charge in [-0.15, -0.1) is 0 Å². The minimum absolute atomic E-state index is 0.146. The Balaban J connectivity index is 1.89. The summed E-state index contributed by atoms with van der Waals surface area (Å²) in [5, 5.41) is 6.93. The van der Waals surface area contributed by atoms with Gasteiger partial charge in [0.05, 0.1) is 32.5 Å². The van der Waals surface area contributed by atoms with Crippen LogP contribution in [0.15, 0.2) is 29.3 Å². The highest BCUT2D eigenvalue weighted by Gasteiger charge is 2.35. The second kappa shape index (κ2) is 13.7. The van der Waals surface area contributed by atoms with Crippen molar-refractivity contribution in [1.82, 2.24) is 10.6 Å². The van der Waals surface area contributed by atoms with Crippen LogP contribution in [0.1, 0.15) is 58.6 Å². The van der Waals surface area contributed by atoms with E-state index in [0.717, 1.165) is 44.2 Å². The largest absolute Gasteiger partial charge is 0.379 e. The van der Waals surface area contributed by atoms with Gasteiger partial charge >= 0.3 is 0 Å². The van der Waals surface area contributed by atoms with Crippen LogP contribution < -0.4 is 10.6 Å². The fraction of sp³-hybridized carbons (Fsp3) is 0.720. The maximum atomic E-state index is 6.12. The smallest absolute Gasteiger partial charge is 0.191 e. The number of hydrogen-bond donors (Lipinski definition) is 2. The highest BCUT2D eigenvalue weighted by atomic mass is 16.5. The molecule has 1 aromatic carbocycles. The normalized spacial score (nSPS) is 20.0. The number of benzene rings is 1. The van der Waals surface area contributed by atoms with E-state index in [0.29, 0.717) is 32.3 Å². The molecular formula is C25H43N3O3. The Morgan fingerprint density at radius 3 is 2.65 bits per heavy atom. The second-order valence-corrected chi connectivity index (χ2v) is 9.21. The molecule has 0 saturated carbocycles. The fourth-order valence-corrected chi connectivity index (χ4v) is 4.02. The standard InChI is InChI=1S/C25H43N3O3/c1-6-26-24(28-18-22-12-9-13-31-23(22)25(3,4)5)27-17-20-10-8-11-21(16-20)19-30-15-14-29-7-2/h8,10-11,16,22-23H,6-7,9,12-15,17-19H2,1-5H3,(H2,26,27,28). The molecule has 1 fully saturated rings. The summed E-state index contributed by atoms with van der Waals surface area (Å²) >= 11 is 0. The Hall–Kier alpha value is -1.63. The molecule has 176 valence electrons. The van der Waals surface area contributed by atoms with E-state index in [9.17, 15) is 0 Å². The molecule has 1 aromatic rings. The Labute approximate surface area is 189 Å². The third-order valence-electron chi connectivity index (χ3n) is 5.43. The molecule has 1 saturated heterocycles. The van der Waals surface area contributed by atoms with Crippen LogP contribution in [0, 0.1) is 11.3 Å². The van der Waals surface area contributed by atoms with Crippen molar-refractivity contribution in [1.29, 1.82) is 0 Å². The van der Waals surface area contributed by atoms with E-state index >= 15 is 0 Å². The first-order valence-electron chi connectivity index (χ1n) is 11.8. The van der Waals surface area contributed by atoms with Gasteiger partial charge in [-0.2, -0.15) is 0 Å². The summed E-state index contributed by atoms with van der Waals surface area (Å²) in [6, 6.07) is 8.44. The Bertz CT molecular complexity index is 658. The summed E-state index contributed by atoms with van der Waals surface area (Å²) in [6.07, 6.45) is 2.60. The Morgan fingerprint density at radius 1 is 1.13 bits per heavy atom. The maximum absolute atomic E-state index is 6.12. The van der Waals surface area contributed by atoms with Crippen LogP contribution in [-0.4, -0.2) is 51.6 Å². The lowest BCUT2D eigenvalue weighted by molar-refractivity contribution is -0.0835. The minimum Gasteiger partial charge on any atom is -0.379 e. The van der Waals surface area contributed by atoms with E-state index in [1.165, 1.54) is 12.0 Å². The van der Waals surface area contributed by atoms with Gasteiger partial charge in [0.25, 0.3) is 0 Å². The van der Waals surface area contributed by atoms with Crippen LogP contribution in [0.3, 0.4) is 0 Å². The van der Waals surface area contributed by atoms with Crippen molar-refractivity contribution < 1.29 is 14.2 Å². The molecule has 0 bridgehead atoms. The van der Waals surface area contributed by atoms with E-state index in [2.05, 4.69) is 62.6 Å². The van der Waals surface area contributed by atoms with Gasteiger partial charge in [0.15, 0.2) is 5.96 Å². The lowest BCUT2D eigenvalue weighted by Gasteiger charge is -2.40. The minimum atomic E-state index is 0.146. The molecule has 1 aliphatic rings. The van der Waals surface area contributed by atoms with Gasteiger partial charge < -0.3 is 24.8 Å². The average Bonchev–Trinajstić information content (AvgIpc) is 2.75. The number of rotatable bonds is 11. The molecular weight excluding hydrogens is 390 g/mol. The third-order valence-corrected chi connectivity index (χ3v) is 5.43. The predicted molar refractivity (Wildman–Crippen MR) is 127 cm³/mol. The lowest BCUT2D eigenvalue weighted by Crippen LogP contribution is -2.47. The summed E-state index contributed by atoms with van der Waals surface area (Å²) < 4.78 is 17.1. The molecule has 0 radical (unpaired) electrons. The summed E-state index contributed by atoms with van der Waals surface area (Å²) in [6.45, 7) is 16.7. The molecule has 2 rings (SSSR count). The molecule has 2 N–H and O–H groups in total. The SMILES string of the molecule is CCNC(=NCc1cccc(COCCOCC)c1)NCC1CCCOC1C(C)(C)C. The van der Waals surface area contributed by atoms with Gasteiger partial charge in [-0.25, -0.2) is 4.99 Å². The van der Waals surface area contributed by atoms with Gasteiger partial charge in [-0.05, 0) is 43.2 Å². The van der Waals surface area contributed by atoms with Crippen molar-refractivity contribution >= 4 is 5.96 Å². The number of aliphatic imine (C=N–C) groups is 1. The zero-order valence-electron chi connectivity index (χ0n) is 20.2. The van der Waals surface area contributed by atoms with Crippen molar-refractivity contribution in [3.05, 3.63) is 35.4 Å². The molecule has 0 spiro atoms. The van der Waals surface area contributed by atoms with Crippen molar-refractivity contribution in [2.45, 2.75) is 66.7 Å². The number of hydrogen-bond acceptors (Lipinski definition) is 4. The predicted octanol–water partition coefficient (Wildman–Crippen LogP) is 4.14. The molecule has 0 amide bonds. The number of ether oxygens (including phenoxy) is 3. The van der Waals surface area contributed by atoms with Crippen LogP contribution in [0.2, 0.25) is 0 Å². The van der Waals surface area contributed by atoms with E-state index in [4.69, 9.17) is 19.2 Å². The van der Waals surface area contributed by atoms with Gasteiger partial charge in [0, 0.05) is 32.2 Å². The number of nitrogens with one attached hydrogen (secondary N) is 2. The van der Waals surface area contributed by atoms with Crippen LogP contribution in [0.25, 0.3) is 0 Å². The summed E-state index contributed by atoms with van der Waals surface area (Å²) in [5.74, 6) is 1.36. The summed E-state index contributed by atoms with van der Waals surface area (Å²) in [5.41, 5.74) is 2.49. The van der Waals surface area contributed by atoms with Crippen molar-refractivity contribution in [2.75, 3.05) is 39.5 Å². The Kier molecular flexibility index (Phi) is 11.3. The fourth-order valence-electron chi connectivity index (χ4n) is 4.02. The Morgan fingerprint density at radius 2 is 1.90 bits per heavy atom. The number of nitrogens with zero attached hydrogens (tertiary/aromatic N) is 1. The van der Waals surface area contributed by atoms with Gasteiger partial charge in [-0.3, -0.25) is 0 Å². The van der Waals surface area contributed by atoms with Crippen molar-refractivity contribution in [2.24, 2.45) is 16.3 Å². The van der Waals surface area contributed by atoms with Crippen LogP contribution in [0.5, 0.6) is 0 Å². The molecule has 0 aliphatic carbocycles. The zero-order valence-corrected chi connectivity index (χ0v) is 20.2. The average molecular weight is 434 g/mol. The molecule has 1 aliphatic heterocycles. The maximum Gasteiger partial charge on any atom is 0.191 e. The highest BCUT2D eigenvalue weighted by molar-refractivity contribution is 5.79. The number of guanidine groups is 1. The molecule has 2 unspecified atom stereocenters. The first kappa shape index (κ1) is 25.6. The van der Waals surface area contributed by atoms with Crippen LogP contribution in [0.4, 0.5) is 0 Å². The first-order chi connectivity index (χ1) is 14.9.